The van der Waals surface area contributed by atoms with Crippen LogP contribution in [0, 0.1) is 5.82 Å². The van der Waals surface area contributed by atoms with Gasteiger partial charge in [-0.1, -0.05) is 0 Å². The van der Waals surface area contributed by atoms with Crippen LogP contribution in [0.2, 0.25) is 0 Å². The molecule has 0 aliphatic heterocycles. The van der Waals surface area contributed by atoms with Crippen LogP contribution in [0.25, 0.3) is 22.4 Å². The Morgan fingerprint density at radius 3 is 2.66 bits per heavy atom. The lowest BCUT2D eigenvalue weighted by Gasteiger charge is -2.16. The first kappa shape index (κ1) is 21.4. The van der Waals surface area contributed by atoms with Crippen LogP contribution in [0.1, 0.15) is 13.8 Å². The molecule has 0 aliphatic carbocycles. The summed E-state index contributed by atoms with van der Waals surface area (Å²) in [6, 6.07) is 6.41. The number of hydrogen-bond acceptors (Lipinski definition) is 8. The van der Waals surface area contributed by atoms with Crippen LogP contribution in [0.4, 0.5) is 15.9 Å². The summed E-state index contributed by atoms with van der Waals surface area (Å²) in [6.45, 7) is 3.77. The van der Waals surface area contributed by atoms with Gasteiger partial charge in [0.15, 0.2) is 17.2 Å². The number of hydrogen-bond donors (Lipinski definition) is 2. The van der Waals surface area contributed by atoms with Gasteiger partial charge in [-0.05, 0) is 26.0 Å². The maximum Gasteiger partial charge on any atom is 0.188 e. The standard InChI is InChI=1S/C22H23FN6O3/c1-22(2,30)12-29-11-13(9-25-29)17-10-24-15-5-6-19(28-21(15)27-17)26-16-7-14(31-3)8-18(32-4)20(16)23/h5-11,30H,12H2,1-4H3,(H,26,27,28). The first-order chi connectivity index (χ1) is 15.3. The Bertz CT molecular complexity index is 1270. The molecular formula is C22H23FN6O3. The first-order valence-electron chi connectivity index (χ1n) is 9.83. The average Bonchev–Trinajstić information content (AvgIpc) is 3.21. The van der Waals surface area contributed by atoms with E-state index in [9.17, 15) is 9.50 Å². The number of rotatable bonds is 7. The molecule has 32 heavy (non-hydrogen) atoms. The zero-order valence-electron chi connectivity index (χ0n) is 18.1. The summed E-state index contributed by atoms with van der Waals surface area (Å²) in [5, 5.41) is 17.2. The number of nitrogens with zero attached hydrogens (tertiary/aromatic N) is 5. The van der Waals surface area contributed by atoms with E-state index in [1.807, 2.05) is 0 Å². The highest BCUT2D eigenvalue weighted by atomic mass is 19.1. The molecule has 0 aliphatic rings. The molecule has 0 radical (unpaired) electrons. The molecule has 0 spiro atoms. The van der Waals surface area contributed by atoms with Crippen molar-refractivity contribution in [2.24, 2.45) is 0 Å². The van der Waals surface area contributed by atoms with E-state index in [1.165, 1.54) is 26.4 Å². The Hall–Kier alpha value is -3.79. The van der Waals surface area contributed by atoms with Gasteiger partial charge in [0.2, 0.25) is 0 Å². The van der Waals surface area contributed by atoms with Gasteiger partial charge in [0, 0.05) is 23.9 Å². The van der Waals surface area contributed by atoms with Crippen LogP contribution in [-0.2, 0) is 6.54 Å². The van der Waals surface area contributed by atoms with Crippen LogP contribution >= 0.6 is 0 Å². The van der Waals surface area contributed by atoms with Crippen molar-refractivity contribution in [3.63, 3.8) is 0 Å². The van der Waals surface area contributed by atoms with Gasteiger partial charge >= 0.3 is 0 Å². The van der Waals surface area contributed by atoms with E-state index < -0.39 is 11.4 Å². The predicted octanol–water partition coefficient (Wildman–Crippen LogP) is 3.56. The maximum absolute atomic E-state index is 14.7. The Balaban J connectivity index is 1.65. The minimum atomic E-state index is -0.890. The van der Waals surface area contributed by atoms with Gasteiger partial charge in [0.05, 0.1) is 50.1 Å². The summed E-state index contributed by atoms with van der Waals surface area (Å²) in [5.74, 6) is 0.319. The summed E-state index contributed by atoms with van der Waals surface area (Å²) in [5.41, 5.74) is 1.57. The smallest absolute Gasteiger partial charge is 0.188 e. The van der Waals surface area contributed by atoms with Gasteiger partial charge in [0.1, 0.15) is 17.1 Å². The molecule has 0 saturated heterocycles. The fourth-order valence-electron chi connectivity index (χ4n) is 3.15. The largest absolute Gasteiger partial charge is 0.497 e. The van der Waals surface area contributed by atoms with Gasteiger partial charge in [-0.3, -0.25) is 9.67 Å². The molecule has 4 aromatic rings. The summed E-state index contributed by atoms with van der Waals surface area (Å²) in [7, 11) is 2.88. The Kier molecular flexibility index (Phi) is 5.62. The molecule has 0 amide bonds. The van der Waals surface area contributed by atoms with Crippen LogP contribution in [-0.4, -0.2) is 49.7 Å². The second-order valence-electron chi connectivity index (χ2n) is 7.85. The van der Waals surface area contributed by atoms with Crippen LogP contribution in [0.3, 0.4) is 0 Å². The molecule has 9 nitrogen and oxygen atoms in total. The number of fused-ring (bicyclic) bond motifs is 1. The zero-order chi connectivity index (χ0) is 22.9. The number of anilines is 2. The molecule has 3 heterocycles. The molecule has 0 bridgehead atoms. The van der Waals surface area contributed by atoms with Crippen molar-refractivity contribution in [2.45, 2.75) is 26.0 Å². The number of benzene rings is 1. The number of pyridine rings is 1. The van der Waals surface area contributed by atoms with Crippen molar-refractivity contribution in [3.8, 4) is 22.8 Å². The minimum absolute atomic E-state index is 0.0535. The van der Waals surface area contributed by atoms with Gasteiger partial charge in [0.25, 0.3) is 0 Å². The highest BCUT2D eigenvalue weighted by molar-refractivity contribution is 5.76. The molecule has 3 aromatic heterocycles. The normalized spacial score (nSPS) is 11.6. The third-order valence-electron chi connectivity index (χ3n) is 4.62. The maximum atomic E-state index is 14.7. The lowest BCUT2D eigenvalue weighted by atomic mass is 10.1. The molecule has 2 N–H and O–H groups in total. The molecule has 4 rings (SSSR count). The fourth-order valence-corrected chi connectivity index (χ4v) is 3.15. The summed E-state index contributed by atoms with van der Waals surface area (Å²) in [4.78, 5) is 13.5. The van der Waals surface area contributed by atoms with E-state index in [0.717, 1.165) is 5.56 Å². The quantitative estimate of drug-likeness (QED) is 0.451. The highest BCUT2D eigenvalue weighted by Gasteiger charge is 2.16. The number of ether oxygens (including phenoxy) is 2. The number of aromatic nitrogens is 5. The van der Waals surface area contributed by atoms with Crippen molar-refractivity contribution in [3.05, 3.63) is 48.7 Å². The van der Waals surface area contributed by atoms with Gasteiger partial charge < -0.3 is 19.9 Å². The van der Waals surface area contributed by atoms with E-state index in [-0.39, 0.29) is 11.4 Å². The lowest BCUT2D eigenvalue weighted by molar-refractivity contribution is 0.0577. The SMILES string of the molecule is COc1cc(Nc2ccc3ncc(-c4cnn(CC(C)(C)O)c4)nc3n2)c(F)c(OC)c1. The van der Waals surface area contributed by atoms with Crippen molar-refractivity contribution in [2.75, 3.05) is 19.5 Å². The van der Waals surface area contributed by atoms with Crippen molar-refractivity contribution in [1.82, 2.24) is 24.7 Å². The van der Waals surface area contributed by atoms with Gasteiger partial charge in [-0.2, -0.15) is 5.10 Å². The number of aliphatic hydroxyl groups is 1. The van der Waals surface area contributed by atoms with Crippen molar-refractivity contribution >= 4 is 22.7 Å². The van der Waals surface area contributed by atoms with Gasteiger partial charge in [-0.25, -0.2) is 14.4 Å². The van der Waals surface area contributed by atoms with E-state index in [4.69, 9.17) is 9.47 Å². The molecule has 0 atom stereocenters. The first-order valence-corrected chi connectivity index (χ1v) is 9.83. The third-order valence-corrected chi connectivity index (χ3v) is 4.62. The Morgan fingerprint density at radius 1 is 1.12 bits per heavy atom. The van der Waals surface area contributed by atoms with Crippen LogP contribution in [0.15, 0.2) is 42.9 Å². The van der Waals surface area contributed by atoms with E-state index in [0.29, 0.717) is 35.0 Å². The molecule has 0 unspecified atom stereocenters. The zero-order valence-corrected chi connectivity index (χ0v) is 18.1. The Morgan fingerprint density at radius 2 is 1.94 bits per heavy atom. The topological polar surface area (TPSA) is 107 Å². The van der Waals surface area contributed by atoms with E-state index in [2.05, 4.69) is 25.4 Å². The molecule has 0 saturated carbocycles. The molecule has 166 valence electrons. The summed E-state index contributed by atoms with van der Waals surface area (Å²) >= 11 is 0. The average molecular weight is 438 g/mol. The lowest BCUT2D eigenvalue weighted by Crippen LogP contribution is -2.26. The molecule has 10 heteroatoms. The monoisotopic (exact) mass is 438 g/mol. The number of methoxy groups -OCH3 is 2. The molecular weight excluding hydrogens is 415 g/mol. The molecule has 0 fully saturated rings. The van der Waals surface area contributed by atoms with Crippen LogP contribution in [0.5, 0.6) is 11.5 Å². The van der Waals surface area contributed by atoms with Gasteiger partial charge in [-0.15, -0.1) is 0 Å². The van der Waals surface area contributed by atoms with Crippen LogP contribution < -0.4 is 14.8 Å². The number of nitrogens with one attached hydrogen (secondary N) is 1. The van der Waals surface area contributed by atoms with Crippen molar-refractivity contribution < 1.29 is 19.0 Å². The summed E-state index contributed by atoms with van der Waals surface area (Å²) < 4.78 is 26.6. The van der Waals surface area contributed by atoms with E-state index in [1.54, 1.807) is 49.3 Å². The minimum Gasteiger partial charge on any atom is -0.497 e. The predicted molar refractivity (Wildman–Crippen MR) is 118 cm³/mol. The fraction of sp³-hybridized carbons (Fsp3) is 0.273. The van der Waals surface area contributed by atoms with E-state index >= 15 is 0 Å². The Labute approximate surface area is 183 Å². The second-order valence-corrected chi connectivity index (χ2v) is 7.85. The third kappa shape index (κ3) is 4.59. The summed E-state index contributed by atoms with van der Waals surface area (Å²) in [6.07, 6.45) is 5.07. The number of halogens is 1. The second kappa shape index (κ2) is 8.39. The van der Waals surface area contributed by atoms with Crippen molar-refractivity contribution in [1.29, 1.82) is 0 Å². The highest BCUT2D eigenvalue weighted by Crippen LogP contribution is 2.32. The molecule has 1 aromatic carbocycles.